The summed E-state index contributed by atoms with van der Waals surface area (Å²) < 4.78 is 1.89. The van der Waals surface area contributed by atoms with Crippen molar-refractivity contribution in [2.75, 3.05) is 31.1 Å². The Morgan fingerprint density at radius 1 is 1.11 bits per heavy atom. The van der Waals surface area contributed by atoms with Gasteiger partial charge in [0.15, 0.2) is 5.13 Å². The Bertz CT molecular complexity index is 1120. The number of carbonyl (C=O) groups excluding carboxylic acids is 1. The number of nitrogens with zero attached hydrogens (tertiary/aromatic N) is 5. The maximum atomic E-state index is 13.2. The van der Waals surface area contributed by atoms with E-state index in [2.05, 4.69) is 14.9 Å². The molecule has 1 aromatic carbocycles. The Morgan fingerprint density at radius 2 is 1.89 bits per heavy atom. The smallest absolute Gasteiger partial charge is 0.272 e. The number of anilines is 1. The summed E-state index contributed by atoms with van der Waals surface area (Å²) in [6.07, 6.45) is 1.79. The van der Waals surface area contributed by atoms with E-state index in [0.717, 1.165) is 39.5 Å². The number of hydrogen-bond donors (Lipinski definition) is 0. The third-order valence-electron chi connectivity index (χ3n) is 5.24. The number of benzene rings is 1. The van der Waals surface area contributed by atoms with E-state index in [4.69, 9.17) is 11.6 Å². The van der Waals surface area contributed by atoms with Gasteiger partial charge < -0.3 is 14.4 Å². The Labute approximate surface area is 171 Å². The van der Waals surface area contributed by atoms with Gasteiger partial charge in [0.25, 0.3) is 5.91 Å². The van der Waals surface area contributed by atoms with E-state index < -0.39 is 0 Å². The lowest BCUT2D eigenvalue weighted by atomic mass is 10.2. The number of pyridine rings is 1. The van der Waals surface area contributed by atoms with Crippen LogP contribution in [0.15, 0.2) is 42.6 Å². The average molecular weight is 412 g/mol. The lowest BCUT2D eigenvalue weighted by molar-refractivity contribution is 0.0738. The molecule has 1 amide bonds. The molecule has 3 aromatic heterocycles. The van der Waals surface area contributed by atoms with E-state index in [9.17, 15) is 4.79 Å². The van der Waals surface area contributed by atoms with Gasteiger partial charge in [0.2, 0.25) is 0 Å². The number of carbonyl (C=O) groups is 1. The maximum Gasteiger partial charge on any atom is 0.272 e. The highest BCUT2D eigenvalue weighted by Crippen LogP contribution is 2.32. The summed E-state index contributed by atoms with van der Waals surface area (Å²) in [6, 6.07) is 11.7. The molecule has 0 N–H and O–H groups in total. The summed E-state index contributed by atoms with van der Waals surface area (Å²) >= 11 is 8.14. The molecule has 0 spiro atoms. The molecule has 0 bridgehead atoms. The molecule has 0 radical (unpaired) electrons. The molecule has 0 saturated carbocycles. The number of piperazine rings is 1. The highest BCUT2D eigenvalue weighted by atomic mass is 35.5. The second kappa shape index (κ2) is 6.76. The van der Waals surface area contributed by atoms with Crippen molar-refractivity contribution in [1.29, 1.82) is 0 Å². The second-order valence-electron chi connectivity index (χ2n) is 6.84. The first-order chi connectivity index (χ1) is 13.6. The average Bonchev–Trinajstić information content (AvgIpc) is 3.28. The zero-order valence-corrected chi connectivity index (χ0v) is 16.9. The SMILES string of the molecule is Cn1c(C(=O)N2CCN(c3nc4cccnc4s3)CC2)c(Cl)c2ccccc21. The number of hydrogen-bond acceptors (Lipinski definition) is 5. The Hall–Kier alpha value is -2.64. The molecule has 1 aliphatic rings. The fraction of sp³-hybridized carbons (Fsp3) is 0.250. The summed E-state index contributed by atoms with van der Waals surface area (Å²) in [6.45, 7) is 2.76. The van der Waals surface area contributed by atoms with Gasteiger partial charge in [-0.25, -0.2) is 9.97 Å². The van der Waals surface area contributed by atoms with Crippen molar-refractivity contribution in [2.24, 2.45) is 7.05 Å². The quantitative estimate of drug-likeness (QED) is 0.503. The van der Waals surface area contributed by atoms with Crippen LogP contribution < -0.4 is 4.90 Å². The van der Waals surface area contributed by atoms with Crippen LogP contribution in [0.25, 0.3) is 21.3 Å². The second-order valence-corrected chi connectivity index (χ2v) is 8.18. The van der Waals surface area contributed by atoms with Crippen molar-refractivity contribution >= 4 is 55.2 Å². The van der Waals surface area contributed by atoms with Crippen LogP contribution in [-0.2, 0) is 7.05 Å². The number of rotatable bonds is 2. The van der Waals surface area contributed by atoms with Crippen molar-refractivity contribution in [1.82, 2.24) is 19.4 Å². The third-order valence-corrected chi connectivity index (χ3v) is 6.66. The minimum absolute atomic E-state index is 0.0192. The van der Waals surface area contributed by atoms with Crippen LogP contribution in [0.1, 0.15) is 10.5 Å². The van der Waals surface area contributed by atoms with Crippen LogP contribution in [0.4, 0.5) is 5.13 Å². The lowest BCUT2D eigenvalue weighted by Gasteiger charge is -2.34. The van der Waals surface area contributed by atoms with E-state index in [0.29, 0.717) is 23.8 Å². The standard InChI is InChI=1S/C20H18ClN5OS/c1-24-15-7-3-2-5-13(15)16(21)17(24)19(27)25-9-11-26(12-10-25)20-23-14-6-4-8-22-18(14)28-20/h2-8H,9-12H2,1H3. The van der Waals surface area contributed by atoms with Crippen LogP contribution in [0.5, 0.6) is 0 Å². The van der Waals surface area contributed by atoms with Gasteiger partial charge in [-0.1, -0.05) is 41.1 Å². The first-order valence-corrected chi connectivity index (χ1v) is 10.3. The molecule has 1 aliphatic heterocycles. The molecule has 0 aliphatic carbocycles. The van der Waals surface area contributed by atoms with Gasteiger partial charge in [-0.05, 0) is 18.2 Å². The van der Waals surface area contributed by atoms with Crippen molar-refractivity contribution in [3.8, 4) is 0 Å². The molecule has 0 atom stereocenters. The van der Waals surface area contributed by atoms with Gasteiger partial charge in [-0.2, -0.15) is 0 Å². The van der Waals surface area contributed by atoms with E-state index in [1.165, 1.54) is 0 Å². The molecule has 4 aromatic rings. The maximum absolute atomic E-state index is 13.2. The molecular weight excluding hydrogens is 394 g/mol. The van der Waals surface area contributed by atoms with Crippen LogP contribution in [0.2, 0.25) is 5.02 Å². The molecule has 8 heteroatoms. The molecule has 0 unspecified atom stereocenters. The predicted molar refractivity (Wildman–Crippen MR) is 113 cm³/mol. The monoisotopic (exact) mass is 411 g/mol. The normalized spacial score (nSPS) is 14.9. The van der Waals surface area contributed by atoms with Gasteiger partial charge in [0.05, 0.1) is 5.02 Å². The van der Waals surface area contributed by atoms with Gasteiger partial charge in [0, 0.05) is 50.3 Å². The van der Waals surface area contributed by atoms with Crippen molar-refractivity contribution < 1.29 is 4.79 Å². The third kappa shape index (κ3) is 2.73. The van der Waals surface area contributed by atoms with Crippen LogP contribution in [0.3, 0.4) is 0 Å². The molecule has 142 valence electrons. The first-order valence-electron chi connectivity index (χ1n) is 9.12. The molecule has 28 heavy (non-hydrogen) atoms. The highest BCUT2D eigenvalue weighted by molar-refractivity contribution is 7.21. The van der Waals surface area contributed by atoms with E-state index in [1.807, 2.05) is 52.9 Å². The van der Waals surface area contributed by atoms with Gasteiger partial charge >= 0.3 is 0 Å². The summed E-state index contributed by atoms with van der Waals surface area (Å²) in [5.41, 5.74) is 2.44. The van der Waals surface area contributed by atoms with Crippen molar-refractivity contribution in [3.63, 3.8) is 0 Å². The number of halogens is 1. The van der Waals surface area contributed by atoms with Crippen molar-refractivity contribution in [2.45, 2.75) is 0 Å². The number of amides is 1. The van der Waals surface area contributed by atoms with E-state index in [-0.39, 0.29) is 5.91 Å². The fourth-order valence-electron chi connectivity index (χ4n) is 3.73. The number of fused-ring (bicyclic) bond motifs is 2. The number of aryl methyl sites for hydroxylation is 1. The predicted octanol–water partition coefficient (Wildman–Crippen LogP) is 3.80. The minimum Gasteiger partial charge on any atom is -0.344 e. The fourth-order valence-corrected chi connectivity index (χ4v) is 5.06. The number of para-hydroxylation sites is 1. The molecule has 4 heterocycles. The Morgan fingerprint density at radius 3 is 2.64 bits per heavy atom. The lowest BCUT2D eigenvalue weighted by Crippen LogP contribution is -2.49. The van der Waals surface area contributed by atoms with Gasteiger partial charge in [0.1, 0.15) is 16.0 Å². The molecule has 6 nitrogen and oxygen atoms in total. The summed E-state index contributed by atoms with van der Waals surface area (Å²) in [4.78, 5) is 27.3. The minimum atomic E-state index is -0.0192. The van der Waals surface area contributed by atoms with Crippen LogP contribution >= 0.6 is 22.9 Å². The molecule has 5 rings (SSSR count). The van der Waals surface area contributed by atoms with E-state index in [1.54, 1.807) is 17.5 Å². The summed E-state index contributed by atoms with van der Waals surface area (Å²) in [7, 11) is 1.89. The number of aromatic nitrogens is 3. The molecule has 1 fully saturated rings. The highest BCUT2D eigenvalue weighted by Gasteiger charge is 2.28. The zero-order valence-electron chi connectivity index (χ0n) is 15.3. The van der Waals surface area contributed by atoms with Gasteiger partial charge in [-0.3, -0.25) is 4.79 Å². The first kappa shape index (κ1) is 17.5. The summed E-state index contributed by atoms with van der Waals surface area (Å²) in [5.74, 6) is -0.0192. The molecule has 1 saturated heterocycles. The Kier molecular flexibility index (Phi) is 4.21. The Balaban J connectivity index is 1.36. The van der Waals surface area contributed by atoms with Crippen LogP contribution in [0, 0.1) is 0 Å². The zero-order chi connectivity index (χ0) is 19.3. The molecular formula is C20H18ClN5OS. The summed E-state index contributed by atoms with van der Waals surface area (Å²) in [5, 5.41) is 2.40. The number of thiazole rings is 1. The topological polar surface area (TPSA) is 54.3 Å². The van der Waals surface area contributed by atoms with Gasteiger partial charge in [-0.15, -0.1) is 0 Å². The van der Waals surface area contributed by atoms with Crippen molar-refractivity contribution in [3.05, 3.63) is 53.3 Å². The largest absolute Gasteiger partial charge is 0.344 e. The van der Waals surface area contributed by atoms with Crippen LogP contribution in [-0.4, -0.2) is 51.5 Å². The van der Waals surface area contributed by atoms with E-state index >= 15 is 0 Å².